The van der Waals surface area contributed by atoms with Gasteiger partial charge >= 0.3 is 6.09 Å². The van der Waals surface area contributed by atoms with Crippen LogP contribution in [-0.4, -0.2) is 53.5 Å². The molecule has 1 rings (SSSR count). The topological polar surface area (TPSA) is 50.8 Å². The molecule has 1 unspecified atom stereocenters. The molecular formula is C18H36N2O3. The van der Waals surface area contributed by atoms with Crippen molar-refractivity contribution in [2.75, 3.05) is 19.7 Å². The van der Waals surface area contributed by atoms with Gasteiger partial charge in [-0.05, 0) is 68.2 Å². The van der Waals surface area contributed by atoms with Gasteiger partial charge in [-0.3, -0.25) is 0 Å². The fraction of sp³-hybridized carbons (Fsp3) is 0.944. The number of carbonyl (C=O) groups is 1. The van der Waals surface area contributed by atoms with Crippen LogP contribution in [0.4, 0.5) is 4.79 Å². The highest BCUT2D eigenvalue weighted by atomic mass is 16.6. The first-order chi connectivity index (χ1) is 10.3. The van der Waals surface area contributed by atoms with Crippen LogP contribution in [-0.2, 0) is 9.47 Å². The molecule has 1 saturated heterocycles. The van der Waals surface area contributed by atoms with Gasteiger partial charge < -0.3 is 19.7 Å². The van der Waals surface area contributed by atoms with Gasteiger partial charge in [0.2, 0.25) is 0 Å². The zero-order valence-corrected chi connectivity index (χ0v) is 16.3. The average Bonchev–Trinajstić information content (AvgIpc) is 2.29. The third kappa shape index (κ3) is 7.53. The molecule has 1 aliphatic rings. The van der Waals surface area contributed by atoms with Crippen molar-refractivity contribution in [1.82, 2.24) is 10.2 Å². The van der Waals surface area contributed by atoms with E-state index in [-0.39, 0.29) is 17.2 Å². The van der Waals surface area contributed by atoms with Crippen molar-refractivity contribution < 1.29 is 14.3 Å². The lowest BCUT2D eigenvalue weighted by Gasteiger charge is -2.38. The molecule has 0 aromatic carbocycles. The average molecular weight is 328 g/mol. The second-order valence-electron chi connectivity index (χ2n) is 9.05. The Labute approximate surface area is 142 Å². The monoisotopic (exact) mass is 328 g/mol. The first-order valence-electron chi connectivity index (χ1n) is 8.68. The van der Waals surface area contributed by atoms with Gasteiger partial charge in [0.05, 0.1) is 5.60 Å². The second kappa shape index (κ2) is 7.39. The summed E-state index contributed by atoms with van der Waals surface area (Å²) in [6.07, 6.45) is 1.76. The Hall–Kier alpha value is -0.810. The lowest BCUT2D eigenvalue weighted by atomic mass is 9.94. The van der Waals surface area contributed by atoms with Crippen LogP contribution >= 0.6 is 0 Å². The highest BCUT2D eigenvalue weighted by Crippen LogP contribution is 2.24. The molecule has 0 bridgehead atoms. The van der Waals surface area contributed by atoms with E-state index in [0.29, 0.717) is 12.6 Å². The van der Waals surface area contributed by atoms with Crippen molar-refractivity contribution in [2.45, 2.75) is 91.0 Å². The predicted molar refractivity (Wildman–Crippen MR) is 93.7 cm³/mol. The minimum atomic E-state index is -0.473. The molecule has 0 aliphatic carbocycles. The molecule has 0 aromatic heterocycles. The largest absolute Gasteiger partial charge is 0.444 e. The third-order valence-electron chi connectivity index (χ3n) is 3.89. The Bertz CT molecular complexity index is 394. The zero-order chi connectivity index (χ0) is 17.9. The van der Waals surface area contributed by atoms with Crippen LogP contribution in [0.15, 0.2) is 0 Å². The maximum atomic E-state index is 12.4. The molecule has 1 fully saturated rings. The summed E-state index contributed by atoms with van der Waals surface area (Å²) in [5.74, 6) is 0. The summed E-state index contributed by atoms with van der Waals surface area (Å²) in [4.78, 5) is 14.2. The van der Waals surface area contributed by atoms with E-state index in [1.165, 1.54) is 0 Å². The number of amides is 1. The van der Waals surface area contributed by atoms with Gasteiger partial charge in [-0.25, -0.2) is 4.79 Å². The van der Waals surface area contributed by atoms with E-state index in [1.807, 2.05) is 41.5 Å². The Morgan fingerprint density at radius 3 is 2.35 bits per heavy atom. The molecule has 1 atom stereocenters. The standard InChI is InChI=1S/C18H36N2O3/c1-16(2,3)20(15(21)23-17(4,5)6)11-10-19-14-9-12-22-18(7,8)13-14/h14,19H,9-13H2,1-8H3. The quantitative estimate of drug-likeness (QED) is 0.857. The molecule has 0 aromatic rings. The van der Waals surface area contributed by atoms with Crippen LogP contribution in [0.25, 0.3) is 0 Å². The highest BCUT2D eigenvalue weighted by Gasteiger charge is 2.31. The molecule has 1 heterocycles. The number of nitrogens with one attached hydrogen (secondary N) is 1. The number of ether oxygens (including phenoxy) is 2. The zero-order valence-electron chi connectivity index (χ0n) is 16.3. The van der Waals surface area contributed by atoms with Crippen molar-refractivity contribution in [3.8, 4) is 0 Å². The van der Waals surface area contributed by atoms with E-state index in [0.717, 1.165) is 26.0 Å². The molecule has 23 heavy (non-hydrogen) atoms. The Balaban J connectivity index is 2.54. The van der Waals surface area contributed by atoms with Crippen molar-refractivity contribution in [3.05, 3.63) is 0 Å². The lowest BCUT2D eigenvalue weighted by molar-refractivity contribution is -0.0632. The molecule has 1 amide bonds. The SMILES string of the molecule is CC(C)(C)OC(=O)N(CCNC1CCOC(C)(C)C1)C(C)(C)C. The first kappa shape index (κ1) is 20.2. The van der Waals surface area contributed by atoms with Gasteiger partial charge in [0.25, 0.3) is 0 Å². The fourth-order valence-electron chi connectivity index (χ4n) is 2.80. The number of hydrogen-bond donors (Lipinski definition) is 1. The van der Waals surface area contributed by atoms with Crippen molar-refractivity contribution >= 4 is 6.09 Å². The van der Waals surface area contributed by atoms with Crippen LogP contribution in [0.3, 0.4) is 0 Å². The molecule has 5 heteroatoms. The lowest BCUT2D eigenvalue weighted by Crippen LogP contribution is -2.52. The number of carbonyl (C=O) groups excluding carboxylic acids is 1. The van der Waals surface area contributed by atoms with Crippen LogP contribution in [0.2, 0.25) is 0 Å². The fourth-order valence-corrected chi connectivity index (χ4v) is 2.80. The molecule has 0 spiro atoms. The van der Waals surface area contributed by atoms with Crippen molar-refractivity contribution in [3.63, 3.8) is 0 Å². The normalized spacial score (nSPS) is 21.8. The van der Waals surface area contributed by atoms with Gasteiger partial charge in [0, 0.05) is 31.3 Å². The number of rotatable bonds is 4. The number of nitrogens with zero attached hydrogens (tertiary/aromatic N) is 1. The van der Waals surface area contributed by atoms with Gasteiger partial charge in [-0.2, -0.15) is 0 Å². The first-order valence-corrected chi connectivity index (χ1v) is 8.68. The van der Waals surface area contributed by atoms with Gasteiger partial charge in [-0.15, -0.1) is 0 Å². The molecule has 5 nitrogen and oxygen atoms in total. The molecule has 136 valence electrons. The molecule has 1 N–H and O–H groups in total. The summed E-state index contributed by atoms with van der Waals surface area (Å²) in [6, 6.07) is 0.444. The smallest absolute Gasteiger partial charge is 0.410 e. The summed E-state index contributed by atoms with van der Waals surface area (Å²) < 4.78 is 11.3. The summed E-state index contributed by atoms with van der Waals surface area (Å²) in [6.45, 7) is 18.2. The van der Waals surface area contributed by atoms with E-state index >= 15 is 0 Å². The predicted octanol–water partition coefficient (Wildman–Crippen LogP) is 3.57. The van der Waals surface area contributed by atoms with E-state index in [2.05, 4.69) is 19.2 Å². The summed E-state index contributed by atoms with van der Waals surface area (Å²) in [5, 5.41) is 3.57. The van der Waals surface area contributed by atoms with E-state index in [1.54, 1.807) is 4.90 Å². The summed E-state index contributed by atoms with van der Waals surface area (Å²) >= 11 is 0. The molecular weight excluding hydrogens is 292 g/mol. The van der Waals surface area contributed by atoms with Gasteiger partial charge in [-0.1, -0.05) is 0 Å². The van der Waals surface area contributed by atoms with Crippen molar-refractivity contribution in [1.29, 1.82) is 0 Å². The van der Waals surface area contributed by atoms with E-state index in [9.17, 15) is 4.79 Å². The Morgan fingerprint density at radius 1 is 1.26 bits per heavy atom. The summed E-state index contributed by atoms with van der Waals surface area (Å²) in [5.41, 5.74) is -0.803. The highest BCUT2D eigenvalue weighted by molar-refractivity contribution is 5.69. The van der Waals surface area contributed by atoms with Gasteiger partial charge in [0.15, 0.2) is 0 Å². The van der Waals surface area contributed by atoms with Crippen molar-refractivity contribution in [2.24, 2.45) is 0 Å². The minimum absolute atomic E-state index is 0.0647. The van der Waals surface area contributed by atoms with Crippen LogP contribution in [0.5, 0.6) is 0 Å². The Morgan fingerprint density at radius 2 is 1.87 bits per heavy atom. The maximum Gasteiger partial charge on any atom is 0.410 e. The van der Waals surface area contributed by atoms with E-state index < -0.39 is 5.60 Å². The third-order valence-corrected chi connectivity index (χ3v) is 3.89. The maximum absolute atomic E-state index is 12.4. The molecule has 1 aliphatic heterocycles. The van der Waals surface area contributed by atoms with Crippen LogP contribution < -0.4 is 5.32 Å². The molecule has 0 radical (unpaired) electrons. The minimum Gasteiger partial charge on any atom is -0.444 e. The van der Waals surface area contributed by atoms with E-state index in [4.69, 9.17) is 9.47 Å². The van der Waals surface area contributed by atoms with Crippen LogP contribution in [0.1, 0.15) is 68.2 Å². The molecule has 0 saturated carbocycles. The van der Waals surface area contributed by atoms with Crippen LogP contribution in [0, 0.1) is 0 Å². The Kier molecular flexibility index (Phi) is 6.50. The number of hydrogen-bond acceptors (Lipinski definition) is 4. The second-order valence-corrected chi connectivity index (χ2v) is 9.05. The van der Waals surface area contributed by atoms with Gasteiger partial charge in [0.1, 0.15) is 5.60 Å². The summed E-state index contributed by atoms with van der Waals surface area (Å²) in [7, 11) is 0.